The summed E-state index contributed by atoms with van der Waals surface area (Å²) in [6.07, 6.45) is 7.31. The Balaban J connectivity index is 0.00000341. The molecule has 0 unspecified atom stereocenters. The van der Waals surface area contributed by atoms with Crippen molar-refractivity contribution >= 4 is 11.9 Å². The predicted octanol–water partition coefficient (Wildman–Crippen LogP) is 6.29. The molecule has 3 rings (SSSR count). The van der Waals surface area contributed by atoms with Gasteiger partial charge in [-0.25, -0.2) is 0 Å². The minimum atomic E-state index is -0.204. The molecule has 0 saturated heterocycles. The zero-order valence-electron chi connectivity index (χ0n) is 18.1. The fourth-order valence-corrected chi connectivity index (χ4v) is 3.87. The number of benzene rings is 2. The van der Waals surface area contributed by atoms with Crippen molar-refractivity contribution in [1.29, 1.82) is 0 Å². The monoisotopic (exact) mass is 410 g/mol. The van der Waals surface area contributed by atoms with E-state index in [2.05, 4.69) is 6.92 Å². The van der Waals surface area contributed by atoms with Crippen molar-refractivity contribution in [3.8, 4) is 11.5 Å². The van der Waals surface area contributed by atoms with Crippen LogP contribution in [0.1, 0.15) is 64.4 Å². The smallest absolute Gasteiger partial charge is 0.314 e. The second-order valence-electron chi connectivity index (χ2n) is 8.30. The highest BCUT2D eigenvalue weighted by atomic mass is 16.5. The average Bonchev–Trinajstić information content (AvgIpc) is 2.77. The quantitative estimate of drug-likeness (QED) is 0.291. The SMILES string of the molecule is CCCCCc1ccc(OC(=O)C2CCC(C(=O)Oc3ccc(C)cc3)CC2)cc1.[HH]. The van der Waals surface area contributed by atoms with Gasteiger partial charge in [0, 0.05) is 1.43 Å². The Morgan fingerprint density at radius 3 is 1.73 bits per heavy atom. The molecule has 0 amide bonds. The van der Waals surface area contributed by atoms with E-state index in [1.807, 2.05) is 55.5 Å². The Morgan fingerprint density at radius 2 is 1.27 bits per heavy atom. The number of rotatable bonds is 8. The molecule has 2 aromatic rings. The van der Waals surface area contributed by atoms with Crippen molar-refractivity contribution in [2.75, 3.05) is 0 Å². The minimum absolute atomic E-state index is 0. The van der Waals surface area contributed by atoms with Crippen LogP contribution in [0.4, 0.5) is 0 Å². The van der Waals surface area contributed by atoms with Crippen LogP contribution in [0.3, 0.4) is 0 Å². The van der Waals surface area contributed by atoms with Crippen molar-refractivity contribution in [2.24, 2.45) is 11.8 Å². The molecule has 1 fully saturated rings. The molecule has 30 heavy (non-hydrogen) atoms. The first kappa shape index (κ1) is 22.1. The number of esters is 2. The van der Waals surface area contributed by atoms with E-state index in [1.165, 1.54) is 24.8 Å². The Kier molecular flexibility index (Phi) is 8.06. The normalized spacial score (nSPS) is 18.6. The topological polar surface area (TPSA) is 52.6 Å². The summed E-state index contributed by atoms with van der Waals surface area (Å²) in [5, 5.41) is 0. The molecule has 0 aromatic heterocycles. The zero-order valence-corrected chi connectivity index (χ0v) is 18.1. The van der Waals surface area contributed by atoms with E-state index in [1.54, 1.807) is 0 Å². The van der Waals surface area contributed by atoms with Crippen LogP contribution >= 0.6 is 0 Å². The average molecular weight is 411 g/mol. The van der Waals surface area contributed by atoms with E-state index in [4.69, 9.17) is 9.47 Å². The van der Waals surface area contributed by atoms with Gasteiger partial charge in [0.25, 0.3) is 0 Å². The number of carbonyl (C=O) groups excluding carboxylic acids is 2. The molecule has 0 bridgehead atoms. The number of ether oxygens (including phenoxy) is 2. The fourth-order valence-electron chi connectivity index (χ4n) is 3.87. The zero-order chi connectivity index (χ0) is 21.3. The third-order valence-corrected chi connectivity index (χ3v) is 5.84. The van der Waals surface area contributed by atoms with E-state index in [9.17, 15) is 9.59 Å². The molecule has 4 heteroatoms. The maximum Gasteiger partial charge on any atom is 0.314 e. The Labute approximate surface area is 181 Å². The van der Waals surface area contributed by atoms with Crippen LogP contribution in [-0.2, 0) is 16.0 Å². The maximum absolute atomic E-state index is 12.5. The number of aryl methyl sites for hydroxylation is 2. The molecule has 0 atom stereocenters. The molecule has 0 heterocycles. The van der Waals surface area contributed by atoms with Crippen LogP contribution in [0.5, 0.6) is 11.5 Å². The molecular formula is C26H34O4. The molecule has 0 N–H and O–H groups in total. The second kappa shape index (κ2) is 11.0. The Hall–Kier alpha value is -2.62. The van der Waals surface area contributed by atoms with Crippen molar-refractivity contribution < 1.29 is 20.5 Å². The van der Waals surface area contributed by atoms with Crippen molar-refractivity contribution in [3.05, 3.63) is 59.7 Å². The van der Waals surface area contributed by atoms with Crippen LogP contribution in [0.15, 0.2) is 48.5 Å². The standard InChI is InChI=1S/C26H32O4.H2/c1-3-4-5-6-20-9-17-24(18-10-20)30-26(28)22-13-11-21(12-14-22)25(27)29-23-15-7-19(2)8-16-23;/h7-10,15-18,21-22H,3-6,11-14H2,1-2H3;1H. The summed E-state index contributed by atoms with van der Waals surface area (Å²) in [4.78, 5) is 24.9. The van der Waals surface area contributed by atoms with E-state index in [0.717, 1.165) is 12.0 Å². The summed E-state index contributed by atoms with van der Waals surface area (Å²) in [7, 11) is 0. The third-order valence-electron chi connectivity index (χ3n) is 5.84. The van der Waals surface area contributed by atoms with Gasteiger partial charge in [0.1, 0.15) is 11.5 Å². The molecule has 4 nitrogen and oxygen atoms in total. The minimum Gasteiger partial charge on any atom is -0.426 e. The van der Waals surface area contributed by atoms with Gasteiger partial charge >= 0.3 is 11.9 Å². The number of carbonyl (C=O) groups is 2. The van der Waals surface area contributed by atoms with E-state index >= 15 is 0 Å². The van der Waals surface area contributed by atoms with Gasteiger partial charge in [-0.1, -0.05) is 49.6 Å². The molecule has 1 aliphatic carbocycles. The molecule has 1 saturated carbocycles. The fraction of sp³-hybridized carbons (Fsp3) is 0.462. The molecule has 162 valence electrons. The highest BCUT2D eigenvalue weighted by Crippen LogP contribution is 2.31. The van der Waals surface area contributed by atoms with Crippen LogP contribution in [-0.4, -0.2) is 11.9 Å². The molecule has 0 spiro atoms. The summed E-state index contributed by atoms with van der Waals surface area (Å²) in [6, 6.07) is 15.3. The van der Waals surface area contributed by atoms with Crippen molar-refractivity contribution in [1.82, 2.24) is 0 Å². The highest BCUT2D eigenvalue weighted by molar-refractivity contribution is 5.77. The number of hydrogen-bond acceptors (Lipinski definition) is 4. The van der Waals surface area contributed by atoms with Gasteiger partial charge in [-0.2, -0.15) is 0 Å². The molecule has 0 radical (unpaired) electrons. The predicted molar refractivity (Wildman–Crippen MR) is 120 cm³/mol. The van der Waals surface area contributed by atoms with Gasteiger partial charge in [0.2, 0.25) is 0 Å². The van der Waals surface area contributed by atoms with Crippen LogP contribution in [0.2, 0.25) is 0 Å². The first-order chi connectivity index (χ1) is 14.5. The maximum atomic E-state index is 12.5. The third kappa shape index (κ3) is 6.45. The van der Waals surface area contributed by atoms with Gasteiger partial charge in [-0.15, -0.1) is 0 Å². The number of hydrogen-bond donors (Lipinski definition) is 0. The lowest BCUT2D eigenvalue weighted by molar-refractivity contribution is -0.145. The summed E-state index contributed by atoms with van der Waals surface area (Å²) >= 11 is 0. The lowest BCUT2D eigenvalue weighted by Crippen LogP contribution is -2.30. The first-order valence-corrected chi connectivity index (χ1v) is 11.1. The lowest BCUT2D eigenvalue weighted by atomic mass is 9.82. The van der Waals surface area contributed by atoms with Gasteiger partial charge in [-0.05, 0) is 75.3 Å². The van der Waals surface area contributed by atoms with Gasteiger partial charge in [-0.3, -0.25) is 9.59 Å². The summed E-state index contributed by atoms with van der Waals surface area (Å²) in [6.45, 7) is 4.19. The molecule has 1 aliphatic rings. The molecular weight excluding hydrogens is 376 g/mol. The van der Waals surface area contributed by atoms with Crippen LogP contribution in [0.25, 0.3) is 0 Å². The van der Waals surface area contributed by atoms with E-state index < -0.39 is 0 Å². The first-order valence-electron chi connectivity index (χ1n) is 11.1. The number of unbranched alkanes of at least 4 members (excludes halogenated alkanes) is 2. The summed E-state index contributed by atoms with van der Waals surface area (Å²) in [5.74, 6) is 0.462. The van der Waals surface area contributed by atoms with Crippen molar-refractivity contribution in [3.63, 3.8) is 0 Å². The molecule has 2 aromatic carbocycles. The Bertz CT molecular complexity index is 821. The van der Waals surface area contributed by atoms with Crippen LogP contribution < -0.4 is 9.47 Å². The van der Waals surface area contributed by atoms with Crippen molar-refractivity contribution in [2.45, 2.75) is 65.2 Å². The largest absolute Gasteiger partial charge is 0.426 e. The van der Waals surface area contributed by atoms with Gasteiger partial charge < -0.3 is 9.47 Å². The van der Waals surface area contributed by atoms with Crippen LogP contribution in [0, 0.1) is 18.8 Å². The van der Waals surface area contributed by atoms with Gasteiger partial charge in [0.15, 0.2) is 0 Å². The van der Waals surface area contributed by atoms with E-state index in [-0.39, 0.29) is 25.2 Å². The summed E-state index contributed by atoms with van der Waals surface area (Å²) < 4.78 is 11.1. The summed E-state index contributed by atoms with van der Waals surface area (Å²) in [5.41, 5.74) is 2.40. The highest BCUT2D eigenvalue weighted by Gasteiger charge is 2.32. The van der Waals surface area contributed by atoms with E-state index in [0.29, 0.717) is 37.2 Å². The molecule has 0 aliphatic heterocycles. The van der Waals surface area contributed by atoms with Gasteiger partial charge in [0.05, 0.1) is 11.8 Å². The lowest BCUT2D eigenvalue weighted by Gasteiger charge is -2.25. The second-order valence-corrected chi connectivity index (χ2v) is 8.30. The Morgan fingerprint density at radius 1 is 0.800 bits per heavy atom.